The highest BCUT2D eigenvalue weighted by Crippen LogP contribution is 2.21. The van der Waals surface area contributed by atoms with E-state index in [1.54, 1.807) is 30.8 Å². The number of nitrogens with zero attached hydrogens (tertiary/aromatic N) is 4. The summed E-state index contributed by atoms with van der Waals surface area (Å²) >= 11 is 1.44. The van der Waals surface area contributed by atoms with Crippen LogP contribution < -0.4 is 0 Å². The van der Waals surface area contributed by atoms with Crippen molar-refractivity contribution in [1.82, 2.24) is 19.7 Å². The molecule has 2 amide bonds. The third kappa shape index (κ3) is 6.00. The number of esters is 1. The molecule has 1 aromatic rings. The Kier molecular flexibility index (Phi) is 7.73. The quantitative estimate of drug-likeness (QED) is 0.643. The number of amides is 2. The van der Waals surface area contributed by atoms with E-state index < -0.39 is 0 Å². The second-order valence-corrected chi connectivity index (χ2v) is 7.77. The molecule has 9 heteroatoms. The molecule has 0 N–H and O–H groups in total. The van der Waals surface area contributed by atoms with Crippen LogP contribution in [0.4, 0.5) is 0 Å². The molecule has 1 saturated heterocycles. The Hall–Kier alpha value is -2.00. The summed E-state index contributed by atoms with van der Waals surface area (Å²) in [6.07, 6.45) is 0.328. The van der Waals surface area contributed by atoms with Crippen LogP contribution in [0.1, 0.15) is 40.1 Å². The lowest BCUT2D eigenvalue weighted by molar-refractivity contribution is -0.146. The first-order valence-corrected chi connectivity index (χ1v) is 9.97. The van der Waals surface area contributed by atoms with Crippen molar-refractivity contribution in [2.24, 2.45) is 0 Å². The number of aryl methyl sites for hydroxylation is 1. The molecule has 0 spiro atoms. The Bertz CT molecular complexity index is 681. The van der Waals surface area contributed by atoms with E-state index in [-0.39, 0.29) is 30.6 Å². The fraction of sp³-hybridized carbons (Fsp3) is 0.667. The number of ether oxygens (including phenoxy) is 1. The van der Waals surface area contributed by atoms with Crippen molar-refractivity contribution in [3.05, 3.63) is 15.6 Å². The Morgan fingerprint density at radius 2 is 1.81 bits per heavy atom. The Labute approximate surface area is 164 Å². The molecule has 150 valence electrons. The van der Waals surface area contributed by atoms with Crippen LogP contribution in [-0.2, 0) is 20.9 Å². The fourth-order valence-electron chi connectivity index (χ4n) is 2.87. The summed E-state index contributed by atoms with van der Waals surface area (Å²) in [4.78, 5) is 46.5. The first-order valence-electron chi connectivity index (χ1n) is 9.15. The lowest BCUT2D eigenvalue weighted by Gasteiger charge is -2.34. The van der Waals surface area contributed by atoms with Gasteiger partial charge in [0.2, 0.25) is 5.91 Å². The molecule has 1 fully saturated rings. The van der Waals surface area contributed by atoms with E-state index >= 15 is 0 Å². The van der Waals surface area contributed by atoms with Crippen molar-refractivity contribution < 1.29 is 19.1 Å². The van der Waals surface area contributed by atoms with Gasteiger partial charge in [0.05, 0.1) is 25.3 Å². The van der Waals surface area contributed by atoms with Crippen LogP contribution in [0.25, 0.3) is 0 Å². The molecule has 0 unspecified atom stereocenters. The van der Waals surface area contributed by atoms with Crippen molar-refractivity contribution in [1.29, 1.82) is 0 Å². The lowest BCUT2D eigenvalue weighted by Crippen LogP contribution is -2.48. The first-order chi connectivity index (χ1) is 12.8. The summed E-state index contributed by atoms with van der Waals surface area (Å²) in [5, 5.41) is 0.916. The molecule has 2 rings (SSSR count). The van der Waals surface area contributed by atoms with Gasteiger partial charge in [0.15, 0.2) is 0 Å². The van der Waals surface area contributed by atoms with Gasteiger partial charge in [0.1, 0.15) is 9.88 Å². The number of hydrogen-bond acceptors (Lipinski definition) is 7. The highest BCUT2D eigenvalue weighted by Gasteiger charge is 2.23. The van der Waals surface area contributed by atoms with Gasteiger partial charge in [-0.3, -0.25) is 19.3 Å². The predicted octanol–water partition coefficient (Wildman–Crippen LogP) is 1.14. The average molecular weight is 397 g/mol. The summed E-state index contributed by atoms with van der Waals surface area (Å²) < 4.78 is 4.86. The van der Waals surface area contributed by atoms with E-state index in [0.29, 0.717) is 31.1 Å². The van der Waals surface area contributed by atoms with E-state index in [2.05, 4.69) is 9.88 Å². The maximum absolute atomic E-state index is 12.2. The van der Waals surface area contributed by atoms with Crippen molar-refractivity contribution in [2.75, 3.05) is 46.9 Å². The molecule has 0 saturated carbocycles. The minimum absolute atomic E-state index is 0.00772. The van der Waals surface area contributed by atoms with Crippen molar-refractivity contribution in [3.8, 4) is 0 Å². The van der Waals surface area contributed by atoms with Gasteiger partial charge in [-0.2, -0.15) is 0 Å². The van der Waals surface area contributed by atoms with E-state index in [0.717, 1.165) is 23.8 Å². The van der Waals surface area contributed by atoms with Crippen LogP contribution in [-0.4, -0.2) is 84.3 Å². The molecular weight excluding hydrogens is 368 g/mol. The van der Waals surface area contributed by atoms with Gasteiger partial charge >= 0.3 is 5.97 Å². The van der Waals surface area contributed by atoms with Crippen LogP contribution in [0.15, 0.2) is 0 Å². The van der Waals surface area contributed by atoms with E-state index in [1.807, 2.05) is 6.92 Å². The van der Waals surface area contributed by atoms with Gasteiger partial charge in [-0.1, -0.05) is 0 Å². The molecule has 1 aliphatic heterocycles. The fourth-order valence-corrected chi connectivity index (χ4v) is 4.00. The highest BCUT2D eigenvalue weighted by molar-refractivity contribution is 7.13. The number of aromatic nitrogens is 1. The molecule has 1 aliphatic rings. The smallest absolute Gasteiger partial charge is 0.306 e. The van der Waals surface area contributed by atoms with Gasteiger partial charge in [-0.05, 0) is 13.8 Å². The van der Waals surface area contributed by atoms with Crippen LogP contribution >= 0.6 is 11.3 Å². The van der Waals surface area contributed by atoms with E-state index in [9.17, 15) is 14.4 Å². The summed E-state index contributed by atoms with van der Waals surface area (Å²) in [5.74, 6) is -0.355. The Morgan fingerprint density at radius 1 is 1.15 bits per heavy atom. The third-order valence-corrected chi connectivity index (χ3v) is 5.50. The molecular formula is C18H28N4O4S. The molecule has 0 aromatic carbocycles. The first kappa shape index (κ1) is 21.3. The number of carbonyl (C=O) groups excluding carboxylic acids is 3. The molecule has 27 heavy (non-hydrogen) atoms. The molecule has 0 aliphatic carbocycles. The zero-order valence-corrected chi connectivity index (χ0v) is 17.3. The molecule has 2 heterocycles. The molecule has 1 aromatic heterocycles. The number of thiazole rings is 1. The van der Waals surface area contributed by atoms with Gasteiger partial charge in [0.25, 0.3) is 5.91 Å². The minimum atomic E-state index is -0.327. The largest absolute Gasteiger partial charge is 0.466 e. The normalized spacial score (nSPS) is 14.9. The molecule has 0 bridgehead atoms. The second kappa shape index (κ2) is 9.80. The zero-order chi connectivity index (χ0) is 20.0. The highest BCUT2D eigenvalue weighted by atomic mass is 32.1. The standard InChI is InChI=1S/C18H28N4O4S/c1-5-26-16(24)7-6-15(23)22-10-8-21(9-11-22)12-14-19-13(2)17(27-14)18(25)20(3)4/h5-12H2,1-4H3. The monoisotopic (exact) mass is 396 g/mol. The van der Waals surface area contributed by atoms with Crippen molar-refractivity contribution in [3.63, 3.8) is 0 Å². The van der Waals surface area contributed by atoms with Gasteiger partial charge in [0, 0.05) is 46.7 Å². The maximum atomic E-state index is 12.2. The zero-order valence-electron chi connectivity index (χ0n) is 16.5. The van der Waals surface area contributed by atoms with Gasteiger partial charge in [-0.15, -0.1) is 11.3 Å². The van der Waals surface area contributed by atoms with Crippen LogP contribution in [0, 0.1) is 6.92 Å². The number of piperazine rings is 1. The van der Waals surface area contributed by atoms with Gasteiger partial charge in [-0.25, -0.2) is 4.98 Å². The third-order valence-electron chi connectivity index (χ3n) is 4.37. The van der Waals surface area contributed by atoms with E-state index in [1.165, 1.54) is 11.3 Å². The summed E-state index contributed by atoms with van der Waals surface area (Å²) in [7, 11) is 3.47. The van der Waals surface area contributed by atoms with Crippen molar-refractivity contribution >= 4 is 29.1 Å². The maximum Gasteiger partial charge on any atom is 0.306 e. The number of hydrogen-bond donors (Lipinski definition) is 0. The summed E-state index contributed by atoms with van der Waals surface area (Å²) in [5.41, 5.74) is 0.765. The second-order valence-electron chi connectivity index (χ2n) is 6.68. The SMILES string of the molecule is CCOC(=O)CCC(=O)N1CCN(Cc2nc(C)c(C(=O)N(C)C)s2)CC1. The molecule has 0 radical (unpaired) electrons. The average Bonchev–Trinajstić information content (AvgIpc) is 2.99. The topological polar surface area (TPSA) is 83.0 Å². The van der Waals surface area contributed by atoms with Crippen LogP contribution in [0.5, 0.6) is 0 Å². The van der Waals surface area contributed by atoms with Gasteiger partial charge < -0.3 is 14.5 Å². The summed E-state index contributed by atoms with van der Waals surface area (Å²) in [6.45, 7) is 7.40. The molecule has 0 atom stereocenters. The Balaban J connectivity index is 1.81. The molecule has 8 nitrogen and oxygen atoms in total. The van der Waals surface area contributed by atoms with E-state index in [4.69, 9.17) is 4.74 Å². The Morgan fingerprint density at radius 3 is 2.41 bits per heavy atom. The van der Waals surface area contributed by atoms with Crippen molar-refractivity contribution in [2.45, 2.75) is 33.2 Å². The predicted molar refractivity (Wildman–Crippen MR) is 103 cm³/mol. The van der Waals surface area contributed by atoms with Crippen LogP contribution in [0.2, 0.25) is 0 Å². The number of carbonyl (C=O) groups is 3. The minimum Gasteiger partial charge on any atom is -0.466 e. The summed E-state index contributed by atoms with van der Waals surface area (Å²) in [6, 6.07) is 0. The van der Waals surface area contributed by atoms with Crippen LogP contribution in [0.3, 0.4) is 0 Å². The number of rotatable bonds is 7. The lowest BCUT2D eigenvalue weighted by atomic mass is 10.2.